The van der Waals surface area contributed by atoms with Crippen LogP contribution in [0.25, 0.3) is 0 Å². The van der Waals surface area contributed by atoms with Crippen molar-refractivity contribution in [3.63, 3.8) is 0 Å². The first-order valence-electron chi connectivity index (χ1n) is 6.11. The van der Waals surface area contributed by atoms with Crippen molar-refractivity contribution in [3.05, 3.63) is 0 Å². The van der Waals surface area contributed by atoms with E-state index in [-0.39, 0.29) is 0 Å². The maximum atomic E-state index is 5.87. The van der Waals surface area contributed by atoms with Crippen LogP contribution in [0.15, 0.2) is 0 Å². The van der Waals surface area contributed by atoms with Gasteiger partial charge in [0, 0.05) is 25.2 Å². The third-order valence-corrected chi connectivity index (χ3v) is 3.77. The fourth-order valence-corrected chi connectivity index (χ4v) is 2.26. The average Bonchev–Trinajstić information content (AvgIpc) is 2.70. The zero-order chi connectivity index (χ0) is 11.4. The molecule has 0 aromatic carbocycles. The van der Waals surface area contributed by atoms with Crippen molar-refractivity contribution in [1.82, 2.24) is 4.90 Å². The SMILES string of the molecule is CC(C)C(C)N(C)C(CN)C1CCCO1. The van der Waals surface area contributed by atoms with Gasteiger partial charge in [0.2, 0.25) is 0 Å². The Morgan fingerprint density at radius 2 is 2.07 bits per heavy atom. The molecule has 1 heterocycles. The second-order valence-corrected chi connectivity index (χ2v) is 5.00. The van der Waals surface area contributed by atoms with Gasteiger partial charge < -0.3 is 10.5 Å². The molecule has 0 spiro atoms. The highest BCUT2D eigenvalue weighted by molar-refractivity contribution is 4.85. The molecule has 0 aromatic heterocycles. The fourth-order valence-electron chi connectivity index (χ4n) is 2.26. The standard InChI is InChI=1S/C12H26N2O/c1-9(2)10(3)14(4)11(8-13)12-6-5-7-15-12/h9-12H,5-8,13H2,1-4H3. The van der Waals surface area contributed by atoms with E-state index in [1.54, 1.807) is 0 Å². The van der Waals surface area contributed by atoms with Crippen LogP contribution in [0.2, 0.25) is 0 Å². The van der Waals surface area contributed by atoms with Gasteiger partial charge in [-0.25, -0.2) is 0 Å². The zero-order valence-corrected chi connectivity index (χ0v) is 10.6. The van der Waals surface area contributed by atoms with Gasteiger partial charge >= 0.3 is 0 Å². The summed E-state index contributed by atoms with van der Waals surface area (Å²) in [4.78, 5) is 2.39. The third kappa shape index (κ3) is 3.16. The van der Waals surface area contributed by atoms with Crippen molar-refractivity contribution in [1.29, 1.82) is 0 Å². The molecule has 1 rings (SSSR count). The van der Waals surface area contributed by atoms with Gasteiger partial charge in [0.05, 0.1) is 6.10 Å². The predicted octanol–water partition coefficient (Wildman–Crippen LogP) is 1.47. The molecule has 1 fully saturated rings. The monoisotopic (exact) mass is 214 g/mol. The second kappa shape index (κ2) is 5.83. The molecule has 2 N–H and O–H groups in total. The summed E-state index contributed by atoms with van der Waals surface area (Å²) in [6.45, 7) is 8.38. The van der Waals surface area contributed by atoms with Crippen LogP contribution in [-0.4, -0.2) is 43.3 Å². The molecule has 90 valence electrons. The molecule has 0 aliphatic carbocycles. The highest BCUT2D eigenvalue weighted by Gasteiger charge is 2.30. The van der Waals surface area contributed by atoms with Crippen LogP contribution in [0, 0.1) is 5.92 Å². The summed E-state index contributed by atoms with van der Waals surface area (Å²) in [6, 6.07) is 0.938. The van der Waals surface area contributed by atoms with Gasteiger partial charge in [-0.1, -0.05) is 13.8 Å². The lowest BCUT2D eigenvalue weighted by atomic mass is 10.00. The lowest BCUT2D eigenvalue weighted by Gasteiger charge is -2.37. The van der Waals surface area contributed by atoms with E-state index in [0.29, 0.717) is 30.7 Å². The summed E-state index contributed by atoms with van der Waals surface area (Å²) in [7, 11) is 2.17. The number of hydrogen-bond donors (Lipinski definition) is 1. The van der Waals surface area contributed by atoms with Gasteiger partial charge in [-0.05, 0) is 32.7 Å². The highest BCUT2D eigenvalue weighted by Crippen LogP contribution is 2.21. The van der Waals surface area contributed by atoms with Crippen molar-refractivity contribution in [2.75, 3.05) is 20.2 Å². The van der Waals surface area contributed by atoms with Crippen molar-refractivity contribution in [3.8, 4) is 0 Å². The number of nitrogens with zero attached hydrogens (tertiary/aromatic N) is 1. The molecule has 15 heavy (non-hydrogen) atoms. The lowest BCUT2D eigenvalue weighted by molar-refractivity contribution is 0.0161. The highest BCUT2D eigenvalue weighted by atomic mass is 16.5. The van der Waals surface area contributed by atoms with E-state index in [1.807, 2.05) is 0 Å². The normalized spacial score (nSPS) is 26.2. The molecule has 1 aliphatic rings. The van der Waals surface area contributed by atoms with Crippen LogP contribution in [0.3, 0.4) is 0 Å². The largest absolute Gasteiger partial charge is 0.377 e. The van der Waals surface area contributed by atoms with E-state index in [0.717, 1.165) is 13.0 Å². The summed E-state index contributed by atoms with van der Waals surface area (Å²) in [6.07, 6.45) is 2.70. The molecule has 1 aliphatic heterocycles. The number of nitrogens with two attached hydrogens (primary N) is 1. The smallest absolute Gasteiger partial charge is 0.0743 e. The van der Waals surface area contributed by atoms with E-state index in [2.05, 4.69) is 32.7 Å². The third-order valence-electron chi connectivity index (χ3n) is 3.77. The zero-order valence-electron chi connectivity index (χ0n) is 10.6. The lowest BCUT2D eigenvalue weighted by Crippen LogP contribution is -2.51. The van der Waals surface area contributed by atoms with E-state index in [1.165, 1.54) is 6.42 Å². The number of ether oxygens (including phenoxy) is 1. The van der Waals surface area contributed by atoms with Crippen LogP contribution in [0.1, 0.15) is 33.6 Å². The Morgan fingerprint density at radius 3 is 2.47 bits per heavy atom. The molecule has 1 saturated heterocycles. The van der Waals surface area contributed by atoms with Crippen molar-refractivity contribution in [2.45, 2.75) is 51.8 Å². The molecule has 0 aromatic rings. The van der Waals surface area contributed by atoms with E-state index in [4.69, 9.17) is 10.5 Å². The van der Waals surface area contributed by atoms with Crippen molar-refractivity contribution < 1.29 is 4.74 Å². The molecule has 0 bridgehead atoms. The predicted molar refractivity (Wildman–Crippen MR) is 63.9 cm³/mol. The van der Waals surface area contributed by atoms with Crippen LogP contribution in [0.5, 0.6) is 0 Å². The second-order valence-electron chi connectivity index (χ2n) is 5.00. The maximum absolute atomic E-state index is 5.87. The Balaban J connectivity index is 2.56. The Kier molecular flexibility index (Phi) is 5.03. The minimum Gasteiger partial charge on any atom is -0.377 e. The topological polar surface area (TPSA) is 38.5 Å². The summed E-state index contributed by atoms with van der Waals surface area (Å²) in [5.74, 6) is 0.658. The number of likely N-dealkylation sites (N-methyl/N-ethyl adjacent to an activating group) is 1. The summed E-state index contributed by atoms with van der Waals surface area (Å²) in [5.41, 5.74) is 5.87. The molecule has 3 unspecified atom stereocenters. The molecule has 0 saturated carbocycles. The van der Waals surface area contributed by atoms with Gasteiger partial charge in [-0.3, -0.25) is 4.90 Å². The first kappa shape index (κ1) is 12.9. The quantitative estimate of drug-likeness (QED) is 0.753. The Labute approximate surface area is 94.0 Å². The van der Waals surface area contributed by atoms with Gasteiger partial charge in [-0.15, -0.1) is 0 Å². The number of hydrogen-bond acceptors (Lipinski definition) is 3. The van der Waals surface area contributed by atoms with Gasteiger partial charge in [0.1, 0.15) is 0 Å². The van der Waals surface area contributed by atoms with Crippen LogP contribution < -0.4 is 5.73 Å². The van der Waals surface area contributed by atoms with E-state index >= 15 is 0 Å². The van der Waals surface area contributed by atoms with Crippen molar-refractivity contribution in [2.24, 2.45) is 11.7 Å². The molecule has 0 amide bonds. The maximum Gasteiger partial charge on any atom is 0.0743 e. The number of rotatable bonds is 5. The molecule has 3 nitrogen and oxygen atoms in total. The minimum absolute atomic E-state index is 0.348. The van der Waals surface area contributed by atoms with Gasteiger partial charge in [0.15, 0.2) is 0 Å². The van der Waals surface area contributed by atoms with E-state index in [9.17, 15) is 0 Å². The molecule has 3 atom stereocenters. The molecule has 3 heteroatoms. The van der Waals surface area contributed by atoms with Crippen LogP contribution in [-0.2, 0) is 4.74 Å². The molecular weight excluding hydrogens is 188 g/mol. The van der Waals surface area contributed by atoms with Gasteiger partial charge in [-0.2, -0.15) is 0 Å². The minimum atomic E-state index is 0.348. The summed E-state index contributed by atoms with van der Waals surface area (Å²) >= 11 is 0. The Bertz CT molecular complexity index is 178. The first-order chi connectivity index (χ1) is 7.07. The first-order valence-corrected chi connectivity index (χ1v) is 6.11. The average molecular weight is 214 g/mol. The molecule has 0 radical (unpaired) electrons. The van der Waals surface area contributed by atoms with Crippen LogP contribution >= 0.6 is 0 Å². The van der Waals surface area contributed by atoms with E-state index < -0.39 is 0 Å². The van der Waals surface area contributed by atoms with Gasteiger partial charge in [0.25, 0.3) is 0 Å². The summed E-state index contributed by atoms with van der Waals surface area (Å²) in [5, 5.41) is 0. The fraction of sp³-hybridized carbons (Fsp3) is 1.00. The Hall–Kier alpha value is -0.120. The van der Waals surface area contributed by atoms with Crippen molar-refractivity contribution >= 4 is 0 Å². The summed E-state index contributed by atoms with van der Waals surface area (Å²) < 4.78 is 5.74. The van der Waals surface area contributed by atoms with Crippen LogP contribution in [0.4, 0.5) is 0 Å². The Morgan fingerprint density at radius 1 is 1.40 bits per heavy atom. The molecular formula is C12H26N2O.